The van der Waals surface area contributed by atoms with Crippen molar-refractivity contribution in [2.45, 2.75) is 45.6 Å². The van der Waals surface area contributed by atoms with Crippen LogP contribution >= 0.6 is 0 Å². The molecule has 0 bridgehead atoms. The Bertz CT molecular complexity index is 1710. The van der Waals surface area contributed by atoms with E-state index in [1.165, 1.54) is 55.7 Å². The van der Waals surface area contributed by atoms with Gasteiger partial charge < -0.3 is 9.47 Å². The third kappa shape index (κ3) is 4.31. The lowest BCUT2D eigenvalue weighted by molar-refractivity contribution is -0.102. The molecule has 0 amide bonds. The van der Waals surface area contributed by atoms with Crippen LogP contribution < -0.4 is 9.47 Å². The summed E-state index contributed by atoms with van der Waals surface area (Å²) in [5, 5.41) is 0. The van der Waals surface area contributed by atoms with Crippen molar-refractivity contribution >= 4 is 23.6 Å². The van der Waals surface area contributed by atoms with E-state index in [1.54, 1.807) is 0 Å². The van der Waals surface area contributed by atoms with Crippen LogP contribution in [0.25, 0.3) is 11.1 Å². The Hall–Kier alpha value is -4.70. The van der Waals surface area contributed by atoms with E-state index in [0.29, 0.717) is 11.5 Å². The molecule has 0 unspecified atom stereocenters. The van der Waals surface area contributed by atoms with Crippen molar-refractivity contribution in [2.24, 2.45) is 9.98 Å². The molecule has 2 aliphatic heterocycles. The predicted octanol–water partition coefficient (Wildman–Crippen LogP) is 8.60. The lowest BCUT2D eigenvalue weighted by Crippen LogP contribution is -2.42. The van der Waals surface area contributed by atoms with Gasteiger partial charge in [0.05, 0.1) is 0 Å². The van der Waals surface area contributed by atoms with Crippen molar-refractivity contribution in [1.29, 1.82) is 0 Å². The van der Waals surface area contributed by atoms with E-state index in [9.17, 15) is 0 Å². The fourth-order valence-corrected chi connectivity index (χ4v) is 6.28. The van der Waals surface area contributed by atoms with Gasteiger partial charge >= 0.3 is 6.03 Å². The number of fused-ring (bicyclic) bond motifs is 2. The number of rotatable bonds is 4. The minimum absolute atomic E-state index is 0.715. The second kappa shape index (κ2) is 9.17. The molecule has 0 atom stereocenters. The van der Waals surface area contributed by atoms with Crippen LogP contribution in [0.2, 0.25) is 0 Å². The maximum atomic E-state index is 6.26. The first-order chi connectivity index (χ1) is 20.0. The first kappa shape index (κ1) is 24.1. The molecule has 1 spiro atoms. The Balaban J connectivity index is 0.954. The molecule has 200 valence electrons. The predicted molar refractivity (Wildman–Crippen MR) is 166 cm³/mol. The van der Waals surface area contributed by atoms with Crippen molar-refractivity contribution < 1.29 is 9.47 Å². The normalized spacial score (nSPS) is 21.1. The summed E-state index contributed by atoms with van der Waals surface area (Å²) in [5.74, 6) is 1.43. The standard InChI is InChI=1S/C37H30N2O2/c1-23-3-5-25(15-23)27-7-9-29(17-27)31-11-13-35-33(19-31)21-38-37(40-35)39-22-34-20-32(12-14-36(34)41-37)30-10-8-28(18-30)26-6-4-24(2)16-26/h3-14,19-22H,15-18H2,1-2H3. The van der Waals surface area contributed by atoms with Crippen LogP contribution in [0.4, 0.5) is 0 Å². The third-order valence-corrected chi connectivity index (χ3v) is 8.62. The zero-order valence-corrected chi connectivity index (χ0v) is 23.3. The highest BCUT2D eigenvalue weighted by Crippen LogP contribution is 2.41. The molecule has 8 rings (SSSR count). The molecule has 0 saturated heterocycles. The Morgan fingerprint density at radius 1 is 0.512 bits per heavy atom. The average Bonchev–Trinajstić information content (AvgIpc) is 3.80. The lowest BCUT2D eigenvalue weighted by atomic mass is 9.96. The van der Waals surface area contributed by atoms with Gasteiger partial charge in [0.2, 0.25) is 0 Å². The van der Waals surface area contributed by atoms with Crippen molar-refractivity contribution in [1.82, 2.24) is 0 Å². The average molecular weight is 535 g/mol. The summed E-state index contributed by atoms with van der Waals surface area (Å²) in [4.78, 5) is 9.26. The zero-order valence-electron chi connectivity index (χ0n) is 23.3. The highest BCUT2D eigenvalue weighted by atomic mass is 16.7. The number of hydrogen-bond donors (Lipinski definition) is 0. The number of hydrogen-bond acceptors (Lipinski definition) is 4. The molecule has 4 aliphatic carbocycles. The van der Waals surface area contributed by atoms with Gasteiger partial charge in [-0.3, -0.25) is 0 Å². The van der Waals surface area contributed by atoms with Gasteiger partial charge in [0.1, 0.15) is 11.5 Å². The summed E-state index contributed by atoms with van der Waals surface area (Å²) in [6, 6.07) is 11.1. The van der Waals surface area contributed by atoms with Gasteiger partial charge in [-0.1, -0.05) is 71.9 Å². The summed E-state index contributed by atoms with van der Waals surface area (Å²) in [7, 11) is 0. The summed E-state index contributed by atoms with van der Waals surface area (Å²) in [6.07, 6.45) is 25.6. The monoisotopic (exact) mass is 534 g/mol. The number of nitrogens with zero attached hydrogens (tertiary/aromatic N) is 2. The molecule has 2 heterocycles. The fraction of sp³-hybridized carbons (Fsp3) is 0.189. The molecule has 0 aromatic heterocycles. The van der Waals surface area contributed by atoms with Gasteiger partial charge in [-0.2, -0.15) is 9.98 Å². The van der Waals surface area contributed by atoms with Crippen molar-refractivity contribution in [3.05, 3.63) is 141 Å². The maximum absolute atomic E-state index is 6.26. The van der Waals surface area contributed by atoms with Crippen LogP contribution in [0.15, 0.2) is 128 Å². The van der Waals surface area contributed by atoms with E-state index in [1.807, 2.05) is 24.6 Å². The third-order valence-electron chi connectivity index (χ3n) is 8.62. The number of allylic oxidation sites excluding steroid dienone is 16. The van der Waals surface area contributed by atoms with E-state index >= 15 is 0 Å². The summed E-state index contributed by atoms with van der Waals surface area (Å²) >= 11 is 0. The quantitative estimate of drug-likeness (QED) is 0.394. The molecule has 4 nitrogen and oxygen atoms in total. The van der Waals surface area contributed by atoms with E-state index in [0.717, 1.165) is 36.8 Å². The highest BCUT2D eigenvalue weighted by molar-refractivity contribution is 5.90. The number of ether oxygens (including phenoxy) is 2. The fourth-order valence-electron chi connectivity index (χ4n) is 6.28. The van der Waals surface area contributed by atoms with Gasteiger partial charge in [-0.25, -0.2) is 0 Å². The molecule has 4 heteroatoms. The van der Waals surface area contributed by atoms with Crippen LogP contribution in [-0.2, 0) is 0 Å². The number of aliphatic imine (C=N–C) groups is 2. The zero-order chi connectivity index (χ0) is 27.6. The topological polar surface area (TPSA) is 43.2 Å². The van der Waals surface area contributed by atoms with Crippen molar-refractivity contribution in [3.63, 3.8) is 0 Å². The minimum atomic E-state index is -1.43. The van der Waals surface area contributed by atoms with Crippen molar-refractivity contribution in [2.75, 3.05) is 0 Å². The molecule has 41 heavy (non-hydrogen) atoms. The molecule has 2 aromatic carbocycles. The molecular formula is C37H30N2O2. The van der Waals surface area contributed by atoms with E-state index in [4.69, 9.17) is 9.47 Å². The molecular weight excluding hydrogens is 504 g/mol. The second-order valence-electron chi connectivity index (χ2n) is 11.7. The molecule has 0 radical (unpaired) electrons. The van der Waals surface area contributed by atoms with Crippen LogP contribution in [0.3, 0.4) is 0 Å². The Morgan fingerprint density at radius 3 is 1.37 bits per heavy atom. The van der Waals surface area contributed by atoms with E-state index in [-0.39, 0.29) is 0 Å². The Labute approximate surface area is 240 Å². The van der Waals surface area contributed by atoms with Gasteiger partial charge in [-0.05, 0) is 108 Å². The summed E-state index contributed by atoms with van der Waals surface area (Å²) in [5.41, 5.74) is 15.3. The van der Waals surface area contributed by atoms with Crippen LogP contribution in [-0.4, -0.2) is 18.5 Å². The first-order valence-electron chi connectivity index (χ1n) is 14.3. The lowest BCUT2D eigenvalue weighted by Gasteiger charge is -2.32. The largest absolute Gasteiger partial charge is 0.471 e. The van der Waals surface area contributed by atoms with Crippen LogP contribution in [0.5, 0.6) is 11.5 Å². The Morgan fingerprint density at radius 2 is 0.927 bits per heavy atom. The second-order valence-corrected chi connectivity index (χ2v) is 11.7. The molecule has 0 N–H and O–H groups in total. The van der Waals surface area contributed by atoms with Crippen LogP contribution in [0, 0.1) is 0 Å². The van der Waals surface area contributed by atoms with Crippen LogP contribution in [0.1, 0.15) is 61.8 Å². The Kier molecular flexibility index (Phi) is 5.40. The molecule has 0 fully saturated rings. The van der Waals surface area contributed by atoms with E-state index < -0.39 is 6.03 Å². The summed E-state index contributed by atoms with van der Waals surface area (Å²) in [6.45, 7) is 4.38. The maximum Gasteiger partial charge on any atom is 0.471 e. The minimum Gasteiger partial charge on any atom is -0.415 e. The van der Waals surface area contributed by atoms with E-state index in [2.05, 4.69) is 96.7 Å². The molecule has 6 aliphatic rings. The summed E-state index contributed by atoms with van der Waals surface area (Å²) < 4.78 is 12.5. The molecule has 2 aromatic rings. The van der Waals surface area contributed by atoms with Gasteiger partial charge in [-0.15, -0.1) is 0 Å². The molecule has 0 saturated carbocycles. The highest BCUT2D eigenvalue weighted by Gasteiger charge is 2.40. The first-order valence-corrected chi connectivity index (χ1v) is 14.3. The van der Waals surface area contributed by atoms with Gasteiger partial charge in [0, 0.05) is 23.6 Å². The number of benzene rings is 2. The smallest absolute Gasteiger partial charge is 0.415 e. The van der Waals surface area contributed by atoms with Crippen molar-refractivity contribution in [3.8, 4) is 11.5 Å². The van der Waals surface area contributed by atoms with Gasteiger partial charge in [0.15, 0.2) is 0 Å². The SMILES string of the molecule is CC1=CC=C(C2=CC=C(c3ccc4c(c3)C=NC3(N=Cc5cc(C6=CC=C(C7=CC=C(C)C7)C6)ccc5O3)O4)C2)C1. The van der Waals surface area contributed by atoms with Gasteiger partial charge in [0.25, 0.3) is 0 Å².